The van der Waals surface area contributed by atoms with Gasteiger partial charge in [-0.25, -0.2) is 4.39 Å². The summed E-state index contributed by atoms with van der Waals surface area (Å²) in [6.07, 6.45) is 1.41. The summed E-state index contributed by atoms with van der Waals surface area (Å²) in [5.74, 6) is -0.140. The van der Waals surface area contributed by atoms with Gasteiger partial charge in [-0.15, -0.1) is 5.10 Å². The van der Waals surface area contributed by atoms with Gasteiger partial charge in [0.2, 0.25) is 0 Å². The van der Waals surface area contributed by atoms with Crippen LogP contribution in [-0.2, 0) is 12.8 Å². The van der Waals surface area contributed by atoms with Crippen molar-refractivity contribution in [2.24, 2.45) is 0 Å². The van der Waals surface area contributed by atoms with Gasteiger partial charge in [-0.05, 0) is 36.6 Å². The molecule has 0 fully saturated rings. The first kappa shape index (κ1) is 15.2. The number of nitriles is 1. The zero-order valence-electron chi connectivity index (χ0n) is 11.7. The zero-order valence-corrected chi connectivity index (χ0v) is 12.5. The maximum Gasteiger partial charge on any atom is 0.171 e. The van der Waals surface area contributed by atoms with Crippen LogP contribution < -0.4 is 5.32 Å². The van der Waals surface area contributed by atoms with Gasteiger partial charge >= 0.3 is 0 Å². The van der Waals surface area contributed by atoms with Gasteiger partial charge < -0.3 is 5.32 Å². The number of hydrogen-bond donors (Lipinski definition) is 1. The minimum atomic E-state index is -0.496. The molecule has 21 heavy (non-hydrogen) atoms. The van der Waals surface area contributed by atoms with Crippen molar-refractivity contribution in [1.82, 2.24) is 10.2 Å². The van der Waals surface area contributed by atoms with E-state index in [0.717, 1.165) is 11.3 Å². The highest BCUT2D eigenvalue weighted by atomic mass is 35.5. The van der Waals surface area contributed by atoms with Gasteiger partial charge in [0, 0.05) is 5.69 Å². The molecule has 0 saturated heterocycles. The van der Waals surface area contributed by atoms with Crippen molar-refractivity contribution >= 4 is 23.1 Å². The van der Waals surface area contributed by atoms with E-state index in [1.807, 2.05) is 13.8 Å². The third kappa shape index (κ3) is 3.11. The lowest BCUT2D eigenvalue weighted by Crippen LogP contribution is -2.07. The molecular formula is C15H14ClFN4. The number of anilines is 2. The van der Waals surface area contributed by atoms with Crippen molar-refractivity contribution in [3.8, 4) is 6.07 Å². The molecule has 1 aromatic carbocycles. The van der Waals surface area contributed by atoms with E-state index in [-0.39, 0.29) is 5.02 Å². The summed E-state index contributed by atoms with van der Waals surface area (Å²) in [7, 11) is 0. The van der Waals surface area contributed by atoms with Crippen molar-refractivity contribution in [3.05, 3.63) is 45.9 Å². The summed E-state index contributed by atoms with van der Waals surface area (Å²) in [6, 6.07) is 6.39. The van der Waals surface area contributed by atoms with Gasteiger partial charge in [-0.3, -0.25) is 0 Å². The van der Waals surface area contributed by atoms with Gasteiger partial charge in [-0.2, -0.15) is 10.4 Å². The monoisotopic (exact) mass is 304 g/mol. The molecule has 0 amide bonds. The van der Waals surface area contributed by atoms with Gasteiger partial charge in [0.25, 0.3) is 0 Å². The van der Waals surface area contributed by atoms with Crippen LogP contribution in [0.2, 0.25) is 5.02 Å². The third-order valence-electron chi connectivity index (χ3n) is 3.14. The molecule has 1 heterocycles. The number of rotatable bonds is 4. The fourth-order valence-corrected chi connectivity index (χ4v) is 2.27. The molecule has 1 aromatic heterocycles. The Kier molecular flexibility index (Phi) is 4.71. The van der Waals surface area contributed by atoms with E-state index >= 15 is 0 Å². The first-order chi connectivity index (χ1) is 10.1. The molecule has 2 aromatic rings. The van der Waals surface area contributed by atoms with Crippen LogP contribution in [-0.4, -0.2) is 10.2 Å². The lowest BCUT2D eigenvalue weighted by Gasteiger charge is -2.12. The maximum absolute atomic E-state index is 13.2. The number of hydrogen-bond acceptors (Lipinski definition) is 4. The van der Waals surface area contributed by atoms with Crippen molar-refractivity contribution in [1.29, 1.82) is 5.26 Å². The highest BCUT2D eigenvalue weighted by Gasteiger charge is 2.14. The summed E-state index contributed by atoms with van der Waals surface area (Å²) in [5.41, 5.74) is 2.71. The predicted molar refractivity (Wildman–Crippen MR) is 80.2 cm³/mol. The van der Waals surface area contributed by atoms with Crippen LogP contribution in [0.15, 0.2) is 18.2 Å². The van der Waals surface area contributed by atoms with Crippen LogP contribution in [0.4, 0.5) is 15.9 Å². The Morgan fingerprint density at radius 2 is 2.05 bits per heavy atom. The van der Waals surface area contributed by atoms with Crippen molar-refractivity contribution in [2.45, 2.75) is 26.7 Å². The topological polar surface area (TPSA) is 61.6 Å². The standard InChI is InChI=1S/C15H14ClFN4/c1-3-10-11(8-18)15(21-20-14(10)4-2)19-9-5-6-13(17)12(16)7-9/h5-7H,3-4H2,1-2H3,(H,19,21). The molecule has 0 aliphatic rings. The third-order valence-corrected chi connectivity index (χ3v) is 3.43. The molecule has 1 N–H and O–H groups in total. The highest BCUT2D eigenvalue weighted by Crippen LogP contribution is 2.25. The van der Waals surface area contributed by atoms with E-state index in [4.69, 9.17) is 11.6 Å². The maximum atomic E-state index is 13.2. The largest absolute Gasteiger partial charge is 0.338 e. The van der Waals surface area contributed by atoms with E-state index < -0.39 is 5.82 Å². The summed E-state index contributed by atoms with van der Waals surface area (Å²) in [5, 5.41) is 20.6. The van der Waals surface area contributed by atoms with Crippen LogP contribution >= 0.6 is 11.6 Å². The Balaban J connectivity index is 2.44. The zero-order chi connectivity index (χ0) is 15.4. The second kappa shape index (κ2) is 6.51. The molecule has 108 valence electrons. The summed E-state index contributed by atoms with van der Waals surface area (Å²) >= 11 is 5.74. The number of benzene rings is 1. The SMILES string of the molecule is CCc1nnc(Nc2ccc(F)c(Cl)c2)c(C#N)c1CC. The van der Waals surface area contributed by atoms with Gasteiger partial charge in [0.15, 0.2) is 5.82 Å². The van der Waals surface area contributed by atoms with Gasteiger partial charge in [0.05, 0.1) is 10.7 Å². The van der Waals surface area contributed by atoms with E-state index in [1.54, 1.807) is 0 Å². The first-order valence-corrected chi connectivity index (χ1v) is 6.99. The van der Waals surface area contributed by atoms with Crippen LogP contribution in [0.3, 0.4) is 0 Å². The Morgan fingerprint density at radius 1 is 1.29 bits per heavy atom. The Hall–Kier alpha value is -2.19. The Bertz CT molecular complexity index is 710. The molecule has 0 radical (unpaired) electrons. The number of aryl methyl sites for hydroxylation is 1. The molecule has 0 aliphatic heterocycles. The lowest BCUT2D eigenvalue weighted by molar-refractivity contribution is 0.628. The predicted octanol–water partition coefficient (Wildman–Crippen LogP) is 4.01. The van der Waals surface area contributed by atoms with Crippen LogP contribution in [0.1, 0.15) is 30.7 Å². The van der Waals surface area contributed by atoms with Crippen LogP contribution in [0.5, 0.6) is 0 Å². The number of nitrogens with zero attached hydrogens (tertiary/aromatic N) is 3. The van der Waals surface area contributed by atoms with Crippen molar-refractivity contribution in [3.63, 3.8) is 0 Å². The number of aromatic nitrogens is 2. The Morgan fingerprint density at radius 3 is 2.62 bits per heavy atom. The average Bonchev–Trinajstić information content (AvgIpc) is 2.50. The van der Waals surface area contributed by atoms with E-state index in [1.165, 1.54) is 18.2 Å². The number of nitrogens with one attached hydrogen (secondary N) is 1. The van der Waals surface area contributed by atoms with Crippen molar-refractivity contribution < 1.29 is 4.39 Å². The highest BCUT2D eigenvalue weighted by molar-refractivity contribution is 6.31. The molecule has 4 nitrogen and oxygen atoms in total. The molecule has 0 aliphatic carbocycles. The molecule has 0 saturated carbocycles. The average molecular weight is 305 g/mol. The lowest BCUT2D eigenvalue weighted by atomic mass is 10.0. The van der Waals surface area contributed by atoms with Gasteiger partial charge in [-0.1, -0.05) is 25.4 Å². The second-order valence-electron chi connectivity index (χ2n) is 4.42. The van der Waals surface area contributed by atoms with E-state index in [2.05, 4.69) is 21.6 Å². The fourth-order valence-electron chi connectivity index (χ4n) is 2.09. The minimum absolute atomic E-state index is 0.00681. The molecule has 2 rings (SSSR count). The minimum Gasteiger partial charge on any atom is -0.338 e. The quantitative estimate of drug-likeness (QED) is 0.927. The summed E-state index contributed by atoms with van der Waals surface area (Å²) in [6.45, 7) is 3.94. The summed E-state index contributed by atoms with van der Waals surface area (Å²) in [4.78, 5) is 0. The molecule has 0 atom stereocenters. The van der Waals surface area contributed by atoms with Crippen LogP contribution in [0.25, 0.3) is 0 Å². The first-order valence-electron chi connectivity index (χ1n) is 6.61. The molecule has 0 unspecified atom stereocenters. The van der Waals surface area contributed by atoms with E-state index in [0.29, 0.717) is 29.9 Å². The van der Waals surface area contributed by atoms with Crippen LogP contribution in [0, 0.1) is 17.1 Å². The molecule has 0 bridgehead atoms. The second-order valence-corrected chi connectivity index (χ2v) is 4.83. The number of halogens is 2. The van der Waals surface area contributed by atoms with Gasteiger partial charge in [0.1, 0.15) is 17.4 Å². The molecule has 0 spiro atoms. The molecular weight excluding hydrogens is 291 g/mol. The smallest absolute Gasteiger partial charge is 0.171 e. The normalized spacial score (nSPS) is 10.2. The fraction of sp³-hybridized carbons (Fsp3) is 0.267. The summed E-state index contributed by atoms with van der Waals surface area (Å²) < 4.78 is 13.2. The Labute approximate surface area is 127 Å². The molecule has 6 heteroatoms. The van der Waals surface area contributed by atoms with E-state index in [9.17, 15) is 9.65 Å². The van der Waals surface area contributed by atoms with Crippen molar-refractivity contribution in [2.75, 3.05) is 5.32 Å².